The third-order valence-electron chi connectivity index (χ3n) is 3.44. The number of hydrogen-bond acceptors (Lipinski definition) is 5. The van der Waals surface area contributed by atoms with Gasteiger partial charge in [0, 0.05) is 6.42 Å². The molecule has 0 amide bonds. The summed E-state index contributed by atoms with van der Waals surface area (Å²) >= 11 is 0. The first-order valence-electron chi connectivity index (χ1n) is 5.29. The fraction of sp³-hybridized carbons (Fsp3) is 1.00. The maximum Gasteiger partial charge on any atom is 0.163 e. The highest BCUT2D eigenvalue weighted by atomic mass is 16.8. The normalized spacial score (nSPS) is 56.8. The Morgan fingerprint density at radius 2 is 2.00 bits per heavy atom. The molecule has 1 saturated carbocycles. The molecule has 5 nitrogen and oxygen atoms in total. The van der Waals surface area contributed by atoms with Gasteiger partial charge in [-0.05, 0) is 13.8 Å². The van der Waals surface area contributed by atoms with E-state index in [1.165, 1.54) is 0 Å². The second-order valence-electron chi connectivity index (χ2n) is 5.14. The number of ether oxygens (including phenoxy) is 3. The lowest BCUT2D eigenvalue weighted by Crippen LogP contribution is -2.53. The van der Waals surface area contributed by atoms with E-state index < -0.39 is 23.6 Å². The van der Waals surface area contributed by atoms with Crippen molar-refractivity contribution in [2.75, 3.05) is 6.61 Å². The highest BCUT2D eigenvalue weighted by Gasteiger charge is 2.67. The molecule has 86 valence electrons. The molecule has 2 N–H and O–H groups in total. The van der Waals surface area contributed by atoms with Crippen LogP contribution in [0.15, 0.2) is 0 Å². The number of epoxide rings is 1. The fourth-order valence-corrected chi connectivity index (χ4v) is 2.70. The van der Waals surface area contributed by atoms with Crippen molar-refractivity contribution in [3.05, 3.63) is 0 Å². The fourth-order valence-electron chi connectivity index (χ4n) is 2.70. The molecule has 5 heteroatoms. The van der Waals surface area contributed by atoms with Crippen LogP contribution in [0.25, 0.3) is 0 Å². The summed E-state index contributed by atoms with van der Waals surface area (Å²) in [5.74, 6) is -0.626. The average Bonchev–Trinajstić information content (AvgIpc) is 2.86. The molecule has 0 bridgehead atoms. The Kier molecular flexibility index (Phi) is 1.81. The lowest BCUT2D eigenvalue weighted by molar-refractivity contribution is -0.178. The highest BCUT2D eigenvalue weighted by molar-refractivity contribution is 5.14. The van der Waals surface area contributed by atoms with Gasteiger partial charge in [-0.25, -0.2) is 0 Å². The molecule has 0 aromatic rings. The molecule has 2 saturated heterocycles. The van der Waals surface area contributed by atoms with Crippen LogP contribution in [0.1, 0.15) is 20.3 Å². The van der Waals surface area contributed by atoms with Crippen molar-refractivity contribution in [3.8, 4) is 0 Å². The molecule has 3 aliphatic rings. The van der Waals surface area contributed by atoms with Crippen molar-refractivity contribution in [2.45, 2.75) is 56.1 Å². The molecule has 2 aliphatic heterocycles. The van der Waals surface area contributed by atoms with Crippen LogP contribution in [0.2, 0.25) is 0 Å². The summed E-state index contributed by atoms with van der Waals surface area (Å²) in [4.78, 5) is 0. The van der Waals surface area contributed by atoms with Gasteiger partial charge in [0.25, 0.3) is 0 Å². The van der Waals surface area contributed by atoms with Crippen LogP contribution < -0.4 is 0 Å². The Bertz CT molecular complexity index is 290. The Morgan fingerprint density at radius 1 is 1.27 bits per heavy atom. The van der Waals surface area contributed by atoms with Gasteiger partial charge in [0.2, 0.25) is 0 Å². The van der Waals surface area contributed by atoms with E-state index in [0.29, 0.717) is 13.0 Å². The molecule has 15 heavy (non-hydrogen) atoms. The SMILES string of the molecule is CC1(C)OC[C@@]2(C[C@@H](O)[C@@H](O)[C@H]3O[C@H]32)O1. The van der Waals surface area contributed by atoms with Crippen LogP contribution in [-0.4, -0.2) is 52.6 Å². The second kappa shape index (κ2) is 2.73. The van der Waals surface area contributed by atoms with E-state index in [9.17, 15) is 10.2 Å². The molecular formula is C10H16O5. The second-order valence-corrected chi connectivity index (χ2v) is 5.14. The van der Waals surface area contributed by atoms with E-state index in [2.05, 4.69) is 0 Å². The molecule has 0 aromatic carbocycles. The van der Waals surface area contributed by atoms with Crippen molar-refractivity contribution in [2.24, 2.45) is 0 Å². The quantitative estimate of drug-likeness (QED) is 0.529. The zero-order chi connectivity index (χ0) is 10.8. The minimum Gasteiger partial charge on any atom is -0.390 e. The van der Waals surface area contributed by atoms with Crippen molar-refractivity contribution in [1.82, 2.24) is 0 Å². The number of rotatable bonds is 0. The van der Waals surface area contributed by atoms with Gasteiger partial charge >= 0.3 is 0 Å². The average molecular weight is 216 g/mol. The van der Waals surface area contributed by atoms with E-state index in [0.717, 1.165) is 0 Å². The van der Waals surface area contributed by atoms with Crippen LogP contribution in [0.3, 0.4) is 0 Å². The predicted molar refractivity (Wildman–Crippen MR) is 49.1 cm³/mol. The van der Waals surface area contributed by atoms with Crippen molar-refractivity contribution < 1.29 is 24.4 Å². The topological polar surface area (TPSA) is 71.5 Å². The number of hydrogen-bond donors (Lipinski definition) is 2. The lowest BCUT2D eigenvalue weighted by atomic mass is 9.82. The van der Waals surface area contributed by atoms with E-state index in [1.54, 1.807) is 0 Å². The Labute approximate surface area is 87.9 Å². The van der Waals surface area contributed by atoms with E-state index in [4.69, 9.17) is 14.2 Å². The molecule has 1 aliphatic carbocycles. The van der Waals surface area contributed by atoms with Crippen LogP contribution in [0.5, 0.6) is 0 Å². The standard InChI is InChI=1S/C10H16O5/c1-9(2)13-4-10(15-9)3-5(11)6(12)7-8(10)14-7/h5-8,11-12H,3-4H2,1-2H3/t5-,6-,7-,8-,10-/m1/s1. The molecule has 2 heterocycles. The van der Waals surface area contributed by atoms with Crippen LogP contribution >= 0.6 is 0 Å². The van der Waals surface area contributed by atoms with Crippen molar-refractivity contribution in [3.63, 3.8) is 0 Å². The smallest absolute Gasteiger partial charge is 0.163 e. The first kappa shape index (κ1) is 9.99. The molecule has 3 fully saturated rings. The zero-order valence-electron chi connectivity index (χ0n) is 8.84. The maximum absolute atomic E-state index is 9.71. The van der Waals surface area contributed by atoms with Gasteiger partial charge in [0.1, 0.15) is 23.9 Å². The molecule has 0 radical (unpaired) electrons. The third kappa shape index (κ3) is 1.34. The van der Waals surface area contributed by atoms with Gasteiger partial charge in [-0.3, -0.25) is 0 Å². The first-order chi connectivity index (χ1) is 6.94. The summed E-state index contributed by atoms with van der Waals surface area (Å²) < 4.78 is 16.7. The third-order valence-corrected chi connectivity index (χ3v) is 3.44. The van der Waals surface area contributed by atoms with Crippen molar-refractivity contribution in [1.29, 1.82) is 0 Å². The van der Waals surface area contributed by atoms with Gasteiger partial charge in [0.05, 0.1) is 12.7 Å². The Balaban J connectivity index is 1.83. The molecular weight excluding hydrogens is 200 g/mol. The number of aliphatic hydroxyl groups is 2. The van der Waals surface area contributed by atoms with Crippen LogP contribution in [-0.2, 0) is 14.2 Å². The highest BCUT2D eigenvalue weighted by Crippen LogP contribution is 2.50. The van der Waals surface area contributed by atoms with Gasteiger partial charge in [-0.1, -0.05) is 0 Å². The number of aliphatic hydroxyl groups excluding tert-OH is 2. The molecule has 3 rings (SSSR count). The molecule has 5 atom stereocenters. The first-order valence-corrected chi connectivity index (χ1v) is 5.29. The minimum atomic E-state index is -0.786. The summed E-state index contributed by atoms with van der Waals surface area (Å²) in [5, 5.41) is 19.3. The largest absolute Gasteiger partial charge is 0.390 e. The summed E-state index contributed by atoms with van der Waals surface area (Å²) in [6.07, 6.45) is -1.61. The lowest BCUT2D eigenvalue weighted by Gasteiger charge is -2.34. The summed E-state index contributed by atoms with van der Waals surface area (Å²) in [7, 11) is 0. The Hall–Kier alpha value is -0.200. The monoisotopic (exact) mass is 216 g/mol. The zero-order valence-corrected chi connectivity index (χ0v) is 8.84. The van der Waals surface area contributed by atoms with Crippen LogP contribution in [0.4, 0.5) is 0 Å². The maximum atomic E-state index is 9.71. The van der Waals surface area contributed by atoms with Gasteiger partial charge in [0.15, 0.2) is 5.79 Å². The van der Waals surface area contributed by atoms with E-state index >= 15 is 0 Å². The molecule has 1 spiro atoms. The van der Waals surface area contributed by atoms with Crippen molar-refractivity contribution >= 4 is 0 Å². The van der Waals surface area contributed by atoms with Gasteiger partial charge in [-0.15, -0.1) is 0 Å². The predicted octanol–water partition coefficient (Wildman–Crippen LogP) is -0.599. The van der Waals surface area contributed by atoms with Gasteiger partial charge in [-0.2, -0.15) is 0 Å². The Morgan fingerprint density at radius 3 is 2.60 bits per heavy atom. The summed E-state index contributed by atoms with van der Waals surface area (Å²) in [6, 6.07) is 0. The minimum absolute atomic E-state index is 0.127. The van der Waals surface area contributed by atoms with Gasteiger partial charge < -0.3 is 24.4 Å². The van der Waals surface area contributed by atoms with Crippen LogP contribution in [0, 0.1) is 0 Å². The molecule has 0 aromatic heterocycles. The number of fused-ring (bicyclic) bond motifs is 2. The van der Waals surface area contributed by atoms with E-state index in [-0.39, 0.29) is 12.2 Å². The molecule has 0 unspecified atom stereocenters. The van der Waals surface area contributed by atoms with E-state index in [1.807, 2.05) is 13.8 Å². The summed E-state index contributed by atoms with van der Waals surface area (Å²) in [6.45, 7) is 4.11. The summed E-state index contributed by atoms with van der Waals surface area (Å²) in [5.41, 5.74) is -0.563.